The van der Waals surface area contributed by atoms with Gasteiger partial charge in [0, 0.05) is 30.6 Å². The van der Waals surface area contributed by atoms with Gasteiger partial charge in [0.2, 0.25) is 5.91 Å². The van der Waals surface area contributed by atoms with Gasteiger partial charge in [-0.2, -0.15) is 0 Å². The van der Waals surface area contributed by atoms with E-state index < -0.39 is 11.4 Å². The van der Waals surface area contributed by atoms with Crippen LogP contribution in [0.25, 0.3) is 0 Å². The van der Waals surface area contributed by atoms with E-state index in [4.69, 9.17) is 4.74 Å². The highest BCUT2D eigenvalue weighted by Gasteiger charge is 2.40. The highest BCUT2D eigenvalue weighted by atomic mass is 32.1. The van der Waals surface area contributed by atoms with Crippen LogP contribution in [0.2, 0.25) is 0 Å². The fourth-order valence-electron chi connectivity index (χ4n) is 4.20. The minimum atomic E-state index is -0.762. The van der Waals surface area contributed by atoms with Crippen LogP contribution in [0.1, 0.15) is 69.2 Å². The van der Waals surface area contributed by atoms with E-state index >= 15 is 0 Å². The van der Waals surface area contributed by atoms with Gasteiger partial charge in [-0.15, -0.1) is 11.3 Å². The first-order valence-electron chi connectivity index (χ1n) is 10.0. The van der Waals surface area contributed by atoms with Crippen molar-refractivity contribution in [1.82, 2.24) is 9.88 Å². The molecule has 0 bridgehead atoms. The molecule has 1 N–H and O–H groups in total. The second kappa shape index (κ2) is 9.15. The molecule has 1 aliphatic heterocycles. The van der Waals surface area contributed by atoms with E-state index in [1.165, 1.54) is 5.01 Å². The predicted molar refractivity (Wildman–Crippen MR) is 104 cm³/mol. The zero-order chi connectivity index (χ0) is 19.3. The number of ether oxygens (including phenoxy) is 1. The summed E-state index contributed by atoms with van der Waals surface area (Å²) in [6.07, 6.45) is 8.14. The van der Waals surface area contributed by atoms with Crippen molar-refractivity contribution in [2.24, 2.45) is 5.41 Å². The first kappa shape index (κ1) is 20.3. The average Bonchev–Trinajstić information content (AvgIpc) is 3.22. The van der Waals surface area contributed by atoms with Crippen molar-refractivity contribution in [1.29, 1.82) is 0 Å². The lowest BCUT2D eigenvalue weighted by Crippen LogP contribution is -2.41. The Bertz CT molecular complexity index is 620. The lowest BCUT2D eigenvalue weighted by atomic mass is 9.75. The summed E-state index contributed by atoms with van der Waals surface area (Å²) in [5.74, 6) is -0.192. The maximum absolute atomic E-state index is 12.6. The molecule has 1 aromatic rings. The van der Waals surface area contributed by atoms with Crippen molar-refractivity contribution in [3.05, 3.63) is 16.6 Å². The molecule has 6 nitrogen and oxygen atoms in total. The fourth-order valence-corrected chi connectivity index (χ4v) is 5.01. The second-order valence-electron chi connectivity index (χ2n) is 8.00. The van der Waals surface area contributed by atoms with Crippen LogP contribution in [-0.4, -0.2) is 52.7 Å². The van der Waals surface area contributed by atoms with E-state index in [9.17, 15) is 14.7 Å². The van der Waals surface area contributed by atoms with Crippen LogP contribution < -0.4 is 0 Å². The van der Waals surface area contributed by atoms with Gasteiger partial charge in [-0.25, -0.2) is 4.98 Å². The molecule has 0 spiro atoms. The standard InChI is InChI=1S/C20H30N2O4S/c1-15(26-14-20(19(24)25)7-3-2-4-8-20)13-17(23)22-10-5-16(6-11-22)18-21-9-12-27-18/h9,12,15-16H,2-8,10-11,13-14H2,1H3,(H,24,25)/t15-/m1/s1. The molecule has 2 heterocycles. The largest absolute Gasteiger partial charge is 0.481 e. The third kappa shape index (κ3) is 5.08. The van der Waals surface area contributed by atoms with Gasteiger partial charge < -0.3 is 14.7 Å². The van der Waals surface area contributed by atoms with Gasteiger partial charge >= 0.3 is 5.97 Å². The Balaban J connectivity index is 1.43. The molecule has 1 aromatic heterocycles. The van der Waals surface area contributed by atoms with Crippen molar-refractivity contribution in [3.8, 4) is 0 Å². The second-order valence-corrected chi connectivity index (χ2v) is 8.92. The molecule has 2 aliphatic rings. The molecule has 150 valence electrons. The van der Waals surface area contributed by atoms with Gasteiger partial charge in [-0.05, 0) is 32.6 Å². The Hall–Kier alpha value is -1.47. The summed E-state index contributed by atoms with van der Waals surface area (Å²) in [5.41, 5.74) is -0.762. The normalized spacial score (nSPS) is 21.7. The lowest BCUT2D eigenvalue weighted by molar-refractivity contribution is -0.157. The number of nitrogens with zero attached hydrogens (tertiary/aromatic N) is 2. The Kier molecular flexibility index (Phi) is 6.87. The number of carboxylic acids is 1. The summed E-state index contributed by atoms with van der Waals surface area (Å²) < 4.78 is 5.85. The van der Waals surface area contributed by atoms with Gasteiger partial charge in [-0.3, -0.25) is 9.59 Å². The number of carboxylic acid groups (broad SMARTS) is 1. The summed E-state index contributed by atoms with van der Waals surface area (Å²) in [5, 5.41) is 12.8. The third-order valence-electron chi connectivity index (χ3n) is 6.02. The number of hydrogen-bond donors (Lipinski definition) is 1. The van der Waals surface area contributed by atoms with E-state index in [0.717, 1.165) is 45.2 Å². The molecule has 0 unspecified atom stereocenters. The molecule has 3 rings (SSSR count). The van der Waals surface area contributed by atoms with Gasteiger partial charge in [0.25, 0.3) is 0 Å². The molecule has 1 amide bonds. The summed E-state index contributed by atoms with van der Waals surface area (Å²) in [7, 11) is 0. The Morgan fingerprint density at radius 3 is 2.63 bits per heavy atom. The molecule has 0 aromatic carbocycles. The van der Waals surface area contributed by atoms with E-state index in [1.807, 2.05) is 23.4 Å². The zero-order valence-corrected chi connectivity index (χ0v) is 16.9. The maximum atomic E-state index is 12.6. The van der Waals surface area contributed by atoms with E-state index in [-0.39, 0.29) is 18.6 Å². The van der Waals surface area contributed by atoms with Crippen molar-refractivity contribution in [2.45, 2.75) is 70.3 Å². The number of piperidine rings is 1. The van der Waals surface area contributed by atoms with Gasteiger partial charge in [0.1, 0.15) is 0 Å². The average molecular weight is 395 g/mol. The van der Waals surface area contributed by atoms with Crippen LogP contribution in [0.4, 0.5) is 0 Å². The highest BCUT2D eigenvalue weighted by Crippen LogP contribution is 2.37. The first-order valence-corrected chi connectivity index (χ1v) is 10.9. The molecule has 1 atom stereocenters. The molecule has 1 saturated heterocycles. The monoisotopic (exact) mass is 394 g/mol. The number of likely N-dealkylation sites (tertiary alicyclic amines) is 1. The van der Waals surface area contributed by atoms with Crippen LogP contribution in [-0.2, 0) is 14.3 Å². The Labute approximate surface area is 164 Å². The number of aromatic nitrogens is 1. The van der Waals surface area contributed by atoms with Crippen molar-refractivity contribution < 1.29 is 19.4 Å². The number of aliphatic carboxylic acids is 1. The van der Waals surface area contributed by atoms with Crippen molar-refractivity contribution in [2.75, 3.05) is 19.7 Å². The summed E-state index contributed by atoms with van der Waals surface area (Å²) in [6, 6.07) is 0. The third-order valence-corrected chi connectivity index (χ3v) is 6.96. The summed E-state index contributed by atoms with van der Waals surface area (Å²) >= 11 is 1.69. The van der Waals surface area contributed by atoms with Gasteiger partial charge in [-0.1, -0.05) is 19.3 Å². The van der Waals surface area contributed by atoms with Gasteiger partial charge in [0.05, 0.1) is 29.6 Å². The zero-order valence-electron chi connectivity index (χ0n) is 16.1. The molecular formula is C20H30N2O4S. The number of carbonyl (C=O) groups is 2. The number of amides is 1. The molecule has 2 fully saturated rings. The number of hydrogen-bond acceptors (Lipinski definition) is 5. The molecule has 27 heavy (non-hydrogen) atoms. The lowest BCUT2D eigenvalue weighted by Gasteiger charge is -2.34. The first-order chi connectivity index (χ1) is 13.0. The van der Waals surface area contributed by atoms with Crippen LogP contribution in [0.15, 0.2) is 11.6 Å². The minimum absolute atomic E-state index is 0.105. The number of thiazole rings is 1. The maximum Gasteiger partial charge on any atom is 0.311 e. The van der Waals surface area contributed by atoms with E-state index in [2.05, 4.69) is 4.98 Å². The molecule has 1 aliphatic carbocycles. The molecule has 1 saturated carbocycles. The highest BCUT2D eigenvalue weighted by molar-refractivity contribution is 7.09. The van der Waals surface area contributed by atoms with Crippen molar-refractivity contribution >= 4 is 23.2 Å². The van der Waals surface area contributed by atoms with Gasteiger partial charge in [0.15, 0.2) is 0 Å². The van der Waals surface area contributed by atoms with Crippen LogP contribution in [0.5, 0.6) is 0 Å². The Morgan fingerprint density at radius 2 is 2.04 bits per heavy atom. The Morgan fingerprint density at radius 1 is 1.33 bits per heavy atom. The number of carbonyl (C=O) groups excluding carboxylic acids is 1. The van der Waals surface area contributed by atoms with Crippen LogP contribution >= 0.6 is 11.3 Å². The number of rotatable bonds is 7. The summed E-state index contributed by atoms with van der Waals surface area (Å²) in [4.78, 5) is 30.6. The molecule has 0 radical (unpaired) electrons. The molecule has 7 heteroatoms. The SMILES string of the molecule is C[C@H](CC(=O)N1CCC(c2nccs2)CC1)OCC1(C(=O)O)CCCCC1. The predicted octanol–water partition coefficient (Wildman–Crippen LogP) is 3.68. The topological polar surface area (TPSA) is 79.7 Å². The van der Waals surface area contributed by atoms with E-state index in [0.29, 0.717) is 25.2 Å². The molecular weight excluding hydrogens is 364 g/mol. The smallest absolute Gasteiger partial charge is 0.311 e. The van der Waals surface area contributed by atoms with E-state index in [1.54, 1.807) is 11.3 Å². The fraction of sp³-hybridized carbons (Fsp3) is 0.750. The quantitative estimate of drug-likeness (QED) is 0.763. The van der Waals surface area contributed by atoms with Crippen molar-refractivity contribution in [3.63, 3.8) is 0 Å². The van der Waals surface area contributed by atoms with Crippen LogP contribution in [0, 0.1) is 5.41 Å². The minimum Gasteiger partial charge on any atom is -0.481 e. The summed E-state index contributed by atoms with van der Waals surface area (Å²) in [6.45, 7) is 3.60. The van der Waals surface area contributed by atoms with Crippen LogP contribution in [0.3, 0.4) is 0 Å².